The van der Waals surface area contributed by atoms with Crippen LogP contribution < -0.4 is 10.2 Å². The summed E-state index contributed by atoms with van der Waals surface area (Å²) in [6.45, 7) is 4.18. The Balaban J connectivity index is 1.75. The van der Waals surface area contributed by atoms with E-state index in [4.69, 9.17) is 4.74 Å². The second kappa shape index (κ2) is 6.93. The minimum atomic E-state index is -1.22. The number of aromatic carboxylic acids is 1. The molecule has 1 saturated carbocycles. The number of aliphatic hydroxyl groups excluding tert-OH is 1. The zero-order valence-corrected chi connectivity index (χ0v) is 18.6. The molecule has 31 heavy (non-hydrogen) atoms. The molecule has 1 fully saturated rings. The molecule has 2 N–H and O–H groups in total. The summed E-state index contributed by atoms with van der Waals surface area (Å²) >= 11 is 1.57. The fraction of sp³-hybridized carbons (Fsp3) is 0.417. The summed E-state index contributed by atoms with van der Waals surface area (Å²) in [7, 11) is 1.58. The normalized spacial score (nSPS) is 19.9. The minimum Gasteiger partial charge on any atom is -0.494 e. The van der Waals surface area contributed by atoms with Crippen molar-refractivity contribution in [2.24, 2.45) is 5.41 Å². The molecular weight excluding hydrogens is 414 g/mol. The van der Waals surface area contributed by atoms with Crippen LogP contribution >= 0.6 is 11.3 Å². The average Bonchev–Trinajstić information content (AvgIpc) is 3.48. The van der Waals surface area contributed by atoms with Crippen LogP contribution in [0, 0.1) is 5.41 Å². The molecule has 0 spiro atoms. The molecule has 0 aliphatic heterocycles. The molecule has 5 rings (SSSR count). The largest absolute Gasteiger partial charge is 0.494 e. The molecule has 2 aromatic heterocycles. The lowest BCUT2D eigenvalue weighted by atomic mass is 9.75. The van der Waals surface area contributed by atoms with Crippen LogP contribution in [-0.4, -0.2) is 27.9 Å². The van der Waals surface area contributed by atoms with Crippen molar-refractivity contribution < 1.29 is 19.7 Å². The minimum absolute atomic E-state index is 0.164. The van der Waals surface area contributed by atoms with Gasteiger partial charge in [-0.15, -0.1) is 11.3 Å². The lowest BCUT2D eigenvalue weighted by molar-refractivity contribution is 0.0373. The molecule has 0 amide bonds. The highest BCUT2D eigenvalue weighted by molar-refractivity contribution is 7.15. The molecule has 2 aliphatic carbocycles. The monoisotopic (exact) mass is 439 g/mol. The van der Waals surface area contributed by atoms with Gasteiger partial charge in [0.1, 0.15) is 5.56 Å². The molecule has 1 aromatic carbocycles. The summed E-state index contributed by atoms with van der Waals surface area (Å²) in [6.07, 6.45) is 4.68. The third-order valence-electron chi connectivity index (χ3n) is 6.66. The van der Waals surface area contributed by atoms with Gasteiger partial charge in [0.15, 0.2) is 5.75 Å². The van der Waals surface area contributed by atoms with E-state index >= 15 is 0 Å². The lowest BCUT2D eigenvalue weighted by Crippen LogP contribution is -2.26. The number of carboxylic acids is 1. The molecule has 6 nitrogen and oxygen atoms in total. The Morgan fingerprint density at radius 3 is 2.68 bits per heavy atom. The van der Waals surface area contributed by atoms with E-state index in [2.05, 4.69) is 19.9 Å². The fourth-order valence-electron chi connectivity index (χ4n) is 4.56. The average molecular weight is 440 g/mol. The standard InChI is InChI=1S/C24H25NO5S/c1-24(2)9-8-12-10-17(31-21(12)22(24)27)14-6-7-15-18(20(14)30-3)25(13-4-5-13)11-16(19(15)26)23(28)29/h6-7,10-11,13,22,27H,4-5,8-9H2,1-3H3,(H,28,29). The number of fused-ring (bicyclic) bond motifs is 2. The first-order valence-electron chi connectivity index (χ1n) is 10.5. The summed E-state index contributed by atoms with van der Waals surface area (Å²) in [4.78, 5) is 26.5. The predicted molar refractivity (Wildman–Crippen MR) is 120 cm³/mol. The van der Waals surface area contributed by atoms with E-state index in [0.717, 1.165) is 46.6 Å². The number of thiophene rings is 1. The topological polar surface area (TPSA) is 88.8 Å². The van der Waals surface area contributed by atoms with Crippen molar-refractivity contribution in [1.82, 2.24) is 4.57 Å². The molecule has 3 aromatic rings. The van der Waals surface area contributed by atoms with E-state index in [1.54, 1.807) is 24.5 Å². The molecule has 2 aliphatic rings. The van der Waals surface area contributed by atoms with Crippen molar-refractivity contribution in [3.63, 3.8) is 0 Å². The highest BCUT2D eigenvalue weighted by Crippen LogP contribution is 2.50. The van der Waals surface area contributed by atoms with Gasteiger partial charge in [0.25, 0.3) is 0 Å². The maximum Gasteiger partial charge on any atom is 0.341 e. The van der Waals surface area contributed by atoms with Crippen LogP contribution in [0.1, 0.15) is 66.1 Å². The first kappa shape index (κ1) is 20.3. The van der Waals surface area contributed by atoms with Crippen molar-refractivity contribution in [3.05, 3.63) is 50.6 Å². The summed E-state index contributed by atoms with van der Waals surface area (Å²) in [6, 6.07) is 5.83. The van der Waals surface area contributed by atoms with Gasteiger partial charge in [0.05, 0.1) is 24.1 Å². The summed E-state index contributed by atoms with van der Waals surface area (Å²) < 4.78 is 7.72. The molecule has 1 atom stereocenters. The second-order valence-corrected chi connectivity index (χ2v) is 10.3. The number of carbonyl (C=O) groups is 1. The van der Waals surface area contributed by atoms with E-state index < -0.39 is 17.5 Å². The zero-order valence-electron chi connectivity index (χ0n) is 17.8. The van der Waals surface area contributed by atoms with Crippen molar-refractivity contribution in [2.45, 2.75) is 51.7 Å². The van der Waals surface area contributed by atoms with Crippen LogP contribution in [0.5, 0.6) is 5.75 Å². The van der Waals surface area contributed by atoms with Crippen molar-refractivity contribution >= 4 is 28.2 Å². The Morgan fingerprint density at radius 2 is 2.03 bits per heavy atom. The van der Waals surface area contributed by atoms with Crippen LogP contribution in [-0.2, 0) is 6.42 Å². The number of aliphatic hydroxyl groups is 1. The third-order valence-corrected chi connectivity index (χ3v) is 7.92. The zero-order chi connectivity index (χ0) is 22.1. The predicted octanol–water partition coefficient (Wildman–Crippen LogP) is 4.78. The van der Waals surface area contributed by atoms with Gasteiger partial charge in [0.2, 0.25) is 5.43 Å². The van der Waals surface area contributed by atoms with E-state index in [9.17, 15) is 19.8 Å². The molecule has 2 heterocycles. The van der Waals surface area contributed by atoms with Gasteiger partial charge in [-0.1, -0.05) is 13.8 Å². The quantitative estimate of drug-likeness (QED) is 0.611. The van der Waals surface area contributed by atoms with Crippen LogP contribution in [0.15, 0.2) is 29.2 Å². The number of hydrogen-bond donors (Lipinski definition) is 2. The van der Waals surface area contributed by atoms with Gasteiger partial charge < -0.3 is 19.5 Å². The summed E-state index contributed by atoms with van der Waals surface area (Å²) in [5, 5.41) is 20.7. The molecule has 0 bridgehead atoms. The highest BCUT2D eigenvalue weighted by Gasteiger charge is 2.36. The van der Waals surface area contributed by atoms with Crippen molar-refractivity contribution in [1.29, 1.82) is 0 Å². The van der Waals surface area contributed by atoms with E-state index in [1.165, 1.54) is 6.20 Å². The van der Waals surface area contributed by atoms with Crippen LogP contribution in [0.4, 0.5) is 0 Å². The number of benzene rings is 1. The van der Waals surface area contributed by atoms with E-state index in [-0.39, 0.29) is 17.0 Å². The fourth-order valence-corrected chi connectivity index (χ4v) is 5.99. The molecule has 1 unspecified atom stereocenters. The third kappa shape index (κ3) is 3.10. The first-order chi connectivity index (χ1) is 14.7. The van der Waals surface area contributed by atoms with Gasteiger partial charge in [-0.2, -0.15) is 0 Å². The highest BCUT2D eigenvalue weighted by atomic mass is 32.1. The van der Waals surface area contributed by atoms with Crippen LogP contribution in [0.2, 0.25) is 0 Å². The maximum absolute atomic E-state index is 12.9. The Kier molecular flexibility index (Phi) is 4.53. The Labute approximate surface area is 183 Å². The second-order valence-electron chi connectivity index (χ2n) is 9.25. The molecular formula is C24H25NO5S. The molecule has 162 valence electrons. The summed E-state index contributed by atoms with van der Waals surface area (Å²) in [5.74, 6) is -0.641. The number of rotatable bonds is 4. The van der Waals surface area contributed by atoms with E-state index in [1.807, 2.05) is 10.6 Å². The van der Waals surface area contributed by atoms with Gasteiger partial charge in [-0.05, 0) is 54.9 Å². The van der Waals surface area contributed by atoms with Crippen LogP contribution in [0.3, 0.4) is 0 Å². The SMILES string of the molecule is COc1c(-c2cc3c(s2)C(O)C(C)(C)CC3)ccc2c(=O)c(C(=O)O)cn(C3CC3)c12. The Morgan fingerprint density at radius 1 is 1.29 bits per heavy atom. The number of ether oxygens (including phenoxy) is 1. The number of carboxylic acid groups (broad SMARTS) is 1. The van der Waals surface area contributed by atoms with Crippen molar-refractivity contribution in [2.75, 3.05) is 7.11 Å². The molecule has 7 heteroatoms. The first-order valence-corrected chi connectivity index (χ1v) is 11.3. The van der Waals surface area contributed by atoms with Gasteiger partial charge in [-0.25, -0.2) is 4.79 Å². The number of hydrogen-bond acceptors (Lipinski definition) is 5. The molecule has 0 radical (unpaired) electrons. The number of aryl methyl sites for hydroxylation is 1. The maximum atomic E-state index is 12.9. The van der Waals surface area contributed by atoms with E-state index in [0.29, 0.717) is 16.7 Å². The van der Waals surface area contributed by atoms with Gasteiger partial charge >= 0.3 is 5.97 Å². The van der Waals surface area contributed by atoms with Crippen LogP contribution in [0.25, 0.3) is 21.3 Å². The molecule has 0 saturated heterocycles. The lowest BCUT2D eigenvalue weighted by Gasteiger charge is -2.34. The Hall–Kier alpha value is -2.64. The van der Waals surface area contributed by atoms with Crippen molar-refractivity contribution in [3.8, 4) is 16.2 Å². The number of aromatic nitrogens is 1. The number of pyridine rings is 1. The Bertz CT molecular complexity index is 1280. The number of methoxy groups -OCH3 is 1. The van der Waals surface area contributed by atoms with Gasteiger partial charge in [-0.3, -0.25) is 4.79 Å². The van der Waals surface area contributed by atoms with Gasteiger partial charge in [0, 0.05) is 27.6 Å². The summed E-state index contributed by atoms with van der Waals surface area (Å²) in [5.41, 5.74) is 1.79. The number of nitrogens with zero attached hydrogens (tertiary/aromatic N) is 1. The smallest absolute Gasteiger partial charge is 0.341 e.